The molecule has 2 aromatic rings. The van der Waals surface area contributed by atoms with Crippen molar-refractivity contribution in [1.29, 1.82) is 0 Å². The van der Waals surface area contributed by atoms with Gasteiger partial charge < -0.3 is 9.11 Å². The Morgan fingerprint density at radius 3 is 0.746 bits per heavy atom. The van der Waals surface area contributed by atoms with Gasteiger partial charge in [-0.2, -0.15) is 0 Å². The van der Waals surface area contributed by atoms with E-state index in [9.17, 15) is 25.9 Å². The Morgan fingerprint density at radius 2 is 0.542 bits per heavy atom. The van der Waals surface area contributed by atoms with Crippen LogP contribution in [0.3, 0.4) is 0 Å². The van der Waals surface area contributed by atoms with Gasteiger partial charge in [0.15, 0.2) is 0 Å². The standard InChI is InChI=1S/2C25H44O3S.Ba/c2*1-2-3-4-5-6-7-8-9-10-11-12-13-14-15-16-17-18-20-24-21-19-22-25(23-24)29(26,27)28;/h2*19,21-23H,2-18,20H2,1H3,(H,26,27,28);/q;;+2/p-2. The molecule has 0 fully saturated rings. The van der Waals surface area contributed by atoms with E-state index in [1.54, 1.807) is 12.1 Å². The molecule has 0 spiro atoms. The summed E-state index contributed by atoms with van der Waals surface area (Å²) in [6.45, 7) is 4.55. The first kappa shape index (κ1) is 58.8. The molecule has 0 aliphatic rings. The maximum atomic E-state index is 11.1. The van der Waals surface area contributed by atoms with Crippen molar-refractivity contribution in [3.05, 3.63) is 59.7 Å². The van der Waals surface area contributed by atoms with Crippen molar-refractivity contribution < 1.29 is 25.9 Å². The van der Waals surface area contributed by atoms with Crippen LogP contribution in [0, 0.1) is 0 Å². The van der Waals surface area contributed by atoms with Gasteiger partial charge in [0.05, 0.1) is 9.79 Å². The Hall–Kier alpha value is -0.169. The molecule has 2 rings (SSSR count). The minimum absolute atomic E-state index is 0. The molecule has 0 heterocycles. The van der Waals surface area contributed by atoms with Gasteiger partial charge in [0.1, 0.15) is 20.2 Å². The Balaban J connectivity index is 0.00000112. The Labute approximate surface area is 405 Å². The second-order valence-corrected chi connectivity index (χ2v) is 19.8. The third kappa shape index (κ3) is 37.0. The molecule has 0 atom stereocenters. The average molecular weight is 985 g/mol. The third-order valence-electron chi connectivity index (χ3n) is 11.5. The summed E-state index contributed by atoms with van der Waals surface area (Å²) in [7, 11) is -8.67. The molecule has 0 aliphatic heterocycles. The monoisotopic (exact) mass is 984 g/mol. The molecular weight excluding hydrogens is 898 g/mol. The van der Waals surface area contributed by atoms with E-state index < -0.39 is 20.2 Å². The molecule has 0 unspecified atom stereocenters. The van der Waals surface area contributed by atoms with Crippen LogP contribution in [0.25, 0.3) is 0 Å². The molecule has 0 N–H and O–H groups in total. The molecule has 6 nitrogen and oxygen atoms in total. The van der Waals surface area contributed by atoms with Crippen molar-refractivity contribution in [2.24, 2.45) is 0 Å². The van der Waals surface area contributed by atoms with Crippen molar-refractivity contribution in [3.8, 4) is 0 Å². The zero-order valence-electron chi connectivity index (χ0n) is 38.0. The van der Waals surface area contributed by atoms with Gasteiger partial charge in [-0.25, -0.2) is 16.8 Å². The Kier molecular flexibility index (Phi) is 40.5. The number of hydrogen-bond donors (Lipinski definition) is 0. The van der Waals surface area contributed by atoms with Crippen LogP contribution in [0.2, 0.25) is 0 Å². The van der Waals surface area contributed by atoms with Crippen molar-refractivity contribution in [1.82, 2.24) is 0 Å². The molecule has 9 heteroatoms. The molecular formula is C50H86BaO6S2. The maximum absolute atomic E-state index is 11.1. The first-order valence-corrected chi connectivity index (χ1v) is 27.0. The SMILES string of the molecule is CCCCCCCCCCCCCCCCCCCc1cccc(S(=O)(=O)[O-])c1.CCCCCCCCCCCCCCCCCCCc1cccc(S(=O)(=O)[O-])c1.[Ba+2]. The van der Waals surface area contributed by atoms with Crippen LogP contribution in [0.1, 0.15) is 243 Å². The van der Waals surface area contributed by atoms with Gasteiger partial charge in [-0.05, 0) is 61.1 Å². The fraction of sp³-hybridized carbons (Fsp3) is 0.760. The zero-order valence-corrected chi connectivity index (χ0v) is 44.1. The molecule has 0 aliphatic carbocycles. The van der Waals surface area contributed by atoms with Gasteiger partial charge in [0.2, 0.25) is 0 Å². The summed E-state index contributed by atoms with van der Waals surface area (Å²) in [4.78, 5) is -0.219. The molecule has 0 amide bonds. The van der Waals surface area contributed by atoms with E-state index in [0.29, 0.717) is 0 Å². The first-order valence-electron chi connectivity index (χ1n) is 24.2. The topological polar surface area (TPSA) is 114 Å². The van der Waals surface area contributed by atoms with Crippen LogP contribution in [0.4, 0.5) is 0 Å². The predicted molar refractivity (Wildman–Crippen MR) is 250 cm³/mol. The number of unbranched alkanes of at least 4 members (excludes halogenated alkanes) is 32. The summed E-state index contributed by atoms with van der Waals surface area (Å²) in [5.74, 6) is 0. The van der Waals surface area contributed by atoms with Crippen molar-refractivity contribution in [2.45, 2.75) is 255 Å². The Morgan fingerprint density at radius 1 is 0.339 bits per heavy atom. The van der Waals surface area contributed by atoms with E-state index in [0.717, 1.165) is 36.8 Å². The van der Waals surface area contributed by atoms with E-state index in [2.05, 4.69) is 13.8 Å². The molecule has 0 saturated carbocycles. The van der Waals surface area contributed by atoms with Gasteiger partial charge in [-0.15, -0.1) is 0 Å². The van der Waals surface area contributed by atoms with Crippen molar-refractivity contribution >= 4 is 69.1 Å². The van der Waals surface area contributed by atoms with Crippen LogP contribution in [0.15, 0.2) is 58.3 Å². The van der Waals surface area contributed by atoms with Gasteiger partial charge in [-0.3, -0.25) is 0 Å². The van der Waals surface area contributed by atoms with E-state index in [1.165, 1.54) is 230 Å². The van der Waals surface area contributed by atoms with Gasteiger partial charge in [0.25, 0.3) is 0 Å². The van der Waals surface area contributed by atoms with Crippen molar-refractivity contribution in [2.75, 3.05) is 0 Å². The van der Waals surface area contributed by atoms with Crippen LogP contribution >= 0.6 is 0 Å². The van der Waals surface area contributed by atoms with E-state index in [-0.39, 0.29) is 58.7 Å². The number of hydrogen-bond acceptors (Lipinski definition) is 6. The number of aryl methyl sites for hydroxylation is 2. The average Bonchev–Trinajstić information content (AvgIpc) is 3.20. The zero-order chi connectivity index (χ0) is 42.4. The van der Waals surface area contributed by atoms with Crippen LogP contribution < -0.4 is 0 Å². The quantitative estimate of drug-likeness (QED) is 0.0376. The summed E-state index contributed by atoms with van der Waals surface area (Å²) in [5, 5.41) is 0. The fourth-order valence-corrected chi connectivity index (χ4v) is 8.90. The Bertz CT molecular complexity index is 1340. The summed E-state index contributed by atoms with van der Waals surface area (Å²) in [6, 6.07) is 12.9. The van der Waals surface area contributed by atoms with Gasteiger partial charge in [-0.1, -0.05) is 244 Å². The first-order chi connectivity index (χ1) is 28.1. The molecule has 336 valence electrons. The molecule has 59 heavy (non-hydrogen) atoms. The second-order valence-electron chi connectivity index (χ2n) is 17.0. The van der Waals surface area contributed by atoms with E-state index >= 15 is 0 Å². The minimum Gasteiger partial charge on any atom is -0.744 e. The predicted octanol–water partition coefficient (Wildman–Crippen LogP) is 15.2. The smallest absolute Gasteiger partial charge is 0.744 e. The molecule has 0 bridgehead atoms. The molecule has 2 aromatic carbocycles. The minimum atomic E-state index is -4.34. The number of benzene rings is 2. The normalized spacial score (nSPS) is 11.6. The second kappa shape index (κ2) is 40.6. The third-order valence-corrected chi connectivity index (χ3v) is 13.2. The fourth-order valence-electron chi connectivity index (χ4n) is 7.82. The van der Waals surface area contributed by atoms with Gasteiger partial charge >= 0.3 is 48.9 Å². The molecule has 0 saturated heterocycles. The van der Waals surface area contributed by atoms with Crippen LogP contribution in [-0.2, 0) is 33.1 Å². The van der Waals surface area contributed by atoms with Gasteiger partial charge in [0, 0.05) is 0 Å². The summed E-state index contributed by atoms with van der Waals surface area (Å²) < 4.78 is 66.4. The molecule has 0 aromatic heterocycles. The van der Waals surface area contributed by atoms with E-state index in [4.69, 9.17) is 0 Å². The molecule has 0 radical (unpaired) electrons. The maximum Gasteiger partial charge on any atom is 2.00 e. The summed E-state index contributed by atoms with van der Waals surface area (Å²) in [6.07, 6.45) is 47.6. The van der Waals surface area contributed by atoms with Crippen molar-refractivity contribution in [3.63, 3.8) is 0 Å². The summed E-state index contributed by atoms with van der Waals surface area (Å²) >= 11 is 0. The largest absolute Gasteiger partial charge is 2.00 e. The summed E-state index contributed by atoms with van der Waals surface area (Å²) in [5.41, 5.74) is 1.89. The van der Waals surface area contributed by atoms with E-state index in [1.807, 2.05) is 12.1 Å². The van der Waals surface area contributed by atoms with Crippen LogP contribution in [0.5, 0.6) is 0 Å². The number of rotatable bonds is 38. The van der Waals surface area contributed by atoms with Crippen LogP contribution in [-0.4, -0.2) is 74.8 Å².